The Hall–Kier alpha value is -3.75. The molecule has 0 aliphatic carbocycles. The SMILES string of the molecule is Nc1nc(-c2ccccc2O)nn1-c1ccc(N2CCN(C(=O)O)CC2)cc1. The molecular weight excluding hydrogens is 360 g/mol. The molecule has 144 valence electrons. The maximum absolute atomic E-state index is 11.0. The summed E-state index contributed by atoms with van der Waals surface area (Å²) in [7, 11) is 0. The third-order valence-corrected chi connectivity index (χ3v) is 4.79. The van der Waals surface area contributed by atoms with Crippen molar-refractivity contribution in [3.8, 4) is 22.8 Å². The van der Waals surface area contributed by atoms with Gasteiger partial charge in [0.25, 0.3) is 0 Å². The van der Waals surface area contributed by atoms with Crippen LogP contribution in [0.1, 0.15) is 0 Å². The van der Waals surface area contributed by atoms with Crippen LogP contribution in [-0.4, -0.2) is 62.1 Å². The number of hydrogen-bond donors (Lipinski definition) is 3. The lowest BCUT2D eigenvalue weighted by Gasteiger charge is -2.34. The predicted molar refractivity (Wildman–Crippen MR) is 105 cm³/mol. The predicted octanol–water partition coefficient (Wildman–Crippen LogP) is 2.02. The number of benzene rings is 2. The minimum Gasteiger partial charge on any atom is -0.507 e. The summed E-state index contributed by atoms with van der Waals surface area (Å²) in [6, 6.07) is 14.5. The molecule has 0 unspecified atom stereocenters. The quantitative estimate of drug-likeness (QED) is 0.636. The van der Waals surface area contributed by atoms with E-state index in [0.29, 0.717) is 37.6 Å². The van der Waals surface area contributed by atoms with E-state index < -0.39 is 6.09 Å². The van der Waals surface area contributed by atoms with Crippen molar-refractivity contribution in [1.29, 1.82) is 0 Å². The summed E-state index contributed by atoms with van der Waals surface area (Å²) in [5, 5.41) is 23.5. The highest BCUT2D eigenvalue weighted by Gasteiger charge is 2.20. The third-order valence-electron chi connectivity index (χ3n) is 4.79. The van der Waals surface area contributed by atoms with Crippen molar-refractivity contribution < 1.29 is 15.0 Å². The van der Waals surface area contributed by atoms with E-state index >= 15 is 0 Å². The normalized spacial score (nSPS) is 14.3. The molecule has 2 aromatic carbocycles. The van der Waals surface area contributed by atoms with Crippen molar-refractivity contribution in [2.75, 3.05) is 36.8 Å². The molecule has 0 atom stereocenters. The molecule has 1 aliphatic rings. The molecule has 1 fully saturated rings. The lowest BCUT2D eigenvalue weighted by atomic mass is 10.2. The number of hydrogen-bond acceptors (Lipinski definition) is 6. The molecule has 3 aromatic rings. The Kier molecular flexibility index (Phi) is 4.48. The first-order chi connectivity index (χ1) is 13.5. The van der Waals surface area contributed by atoms with E-state index in [-0.39, 0.29) is 11.7 Å². The van der Waals surface area contributed by atoms with E-state index in [0.717, 1.165) is 11.4 Å². The molecule has 0 saturated carbocycles. The Morgan fingerprint density at radius 1 is 0.964 bits per heavy atom. The van der Waals surface area contributed by atoms with Crippen molar-refractivity contribution in [2.24, 2.45) is 0 Å². The zero-order chi connectivity index (χ0) is 19.7. The van der Waals surface area contributed by atoms with Crippen molar-refractivity contribution in [2.45, 2.75) is 0 Å². The van der Waals surface area contributed by atoms with Crippen LogP contribution in [0.4, 0.5) is 16.4 Å². The molecule has 28 heavy (non-hydrogen) atoms. The molecule has 4 rings (SSSR count). The van der Waals surface area contributed by atoms with Crippen LogP contribution in [0.5, 0.6) is 5.75 Å². The molecule has 2 heterocycles. The summed E-state index contributed by atoms with van der Waals surface area (Å²) < 4.78 is 1.52. The van der Waals surface area contributed by atoms with Crippen LogP contribution in [-0.2, 0) is 0 Å². The van der Waals surface area contributed by atoms with Gasteiger partial charge in [-0.1, -0.05) is 12.1 Å². The molecule has 9 heteroatoms. The van der Waals surface area contributed by atoms with Gasteiger partial charge in [-0.2, -0.15) is 9.67 Å². The number of phenolic OH excluding ortho intramolecular Hbond substituents is 1. The lowest BCUT2D eigenvalue weighted by molar-refractivity contribution is 0.142. The standard InChI is InChI=1S/C19H20N6O3/c20-18-21-17(15-3-1-2-4-16(15)26)22-25(18)14-7-5-13(6-8-14)23-9-11-24(12-10-23)19(27)28/h1-8,26H,9-12H2,(H,27,28)(H2,20,21,22). The molecule has 1 aromatic heterocycles. The Morgan fingerprint density at radius 2 is 1.61 bits per heavy atom. The molecule has 9 nitrogen and oxygen atoms in total. The Morgan fingerprint density at radius 3 is 2.25 bits per heavy atom. The van der Waals surface area contributed by atoms with Gasteiger partial charge in [-0.15, -0.1) is 5.10 Å². The monoisotopic (exact) mass is 380 g/mol. The second-order valence-electron chi connectivity index (χ2n) is 6.50. The van der Waals surface area contributed by atoms with Gasteiger partial charge in [-0.05, 0) is 36.4 Å². The number of carboxylic acid groups (broad SMARTS) is 1. The van der Waals surface area contributed by atoms with Gasteiger partial charge in [0, 0.05) is 31.9 Å². The van der Waals surface area contributed by atoms with Crippen molar-refractivity contribution in [1.82, 2.24) is 19.7 Å². The second-order valence-corrected chi connectivity index (χ2v) is 6.50. The Balaban J connectivity index is 1.54. The highest BCUT2D eigenvalue weighted by atomic mass is 16.4. The maximum Gasteiger partial charge on any atom is 0.407 e. The van der Waals surface area contributed by atoms with E-state index in [1.807, 2.05) is 24.3 Å². The van der Waals surface area contributed by atoms with E-state index in [2.05, 4.69) is 15.0 Å². The van der Waals surface area contributed by atoms with Crippen LogP contribution >= 0.6 is 0 Å². The number of aromatic hydroxyl groups is 1. The number of amides is 1. The summed E-state index contributed by atoms with van der Waals surface area (Å²) in [6.07, 6.45) is -0.878. The number of nitrogens with two attached hydrogens (primary N) is 1. The van der Waals surface area contributed by atoms with Gasteiger partial charge >= 0.3 is 6.09 Å². The number of piperazine rings is 1. The molecule has 0 radical (unpaired) electrons. The Labute approximate surface area is 161 Å². The number of rotatable bonds is 3. The molecule has 4 N–H and O–H groups in total. The first kappa shape index (κ1) is 17.7. The van der Waals surface area contributed by atoms with Crippen LogP contribution < -0.4 is 10.6 Å². The lowest BCUT2D eigenvalue weighted by Crippen LogP contribution is -2.48. The Bertz CT molecular complexity index is 993. The van der Waals surface area contributed by atoms with Gasteiger partial charge in [0.15, 0.2) is 5.82 Å². The highest BCUT2D eigenvalue weighted by Crippen LogP contribution is 2.28. The van der Waals surface area contributed by atoms with Crippen molar-refractivity contribution >= 4 is 17.7 Å². The number of phenols is 1. The van der Waals surface area contributed by atoms with Gasteiger partial charge < -0.3 is 25.7 Å². The van der Waals surface area contributed by atoms with Crippen molar-refractivity contribution in [3.63, 3.8) is 0 Å². The van der Waals surface area contributed by atoms with Crippen LogP contribution in [0.25, 0.3) is 17.1 Å². The van der Waals surface area contributed by atoms with E-state index in [1.54, 1.807) is 24.3 Å². The fourth-order valence-corrected chi connectivity index (χ4v) is 3.25. The maximum atomic E-state index is 11.0. The number of nitrogens with zero attached hydrogens (tertiary/aromatic N) is 5. The van der Waals surface area contributed by atoms with Crippen LogP contribution in [0.15, 0.2) is 48.5 Å². The van der Waals surface area contributed by atoms with Crippen LogP contribution in [0, 0.1) is 0 Å². The van der Waals surface area contributed by atoms with Gasteiger partial charge in [0.1, 0.15) is 5.75 Å². The fraction of sp³-hybridized carbons (Fsp3) is 0.211. The van der Waals surface area contributed by atoms with E-state index in [4.69, 9.17) is 10.8 Å². The third kappa shape index (κ3) is 3.29. The van der Waals surface area contributed by atoms with Gasteiger partial charge in [0.2, 0.25) is 5.95 Å². The van der Waals surface area contributed by atoms with E-state index in [9.17, 15) is 9.90 Å². The van der Waals surface area contributed by atoms with Crippen molar-refractivity contribution in [3.05, 3.63) is 48.5 Å². The molecule has 1 amide bonds. The average Bonchev–Trinajstić information content (AvgIpc) is 3.10. The first-order valence-corrected chi connectivity index (χ1v) is 8.87. The van der Waals surface area contributed by atoms with Gasteiger partial charge in [-0.3, -0.25) is 0 Å². The number of carbonyl (C=O) groups is 1. The summed E-state index contributed by atoms with van der Waals surface area (Å²) in [5.41, 5.74) is 8.29. The average molecular weight is 380 g/mol. The summed E-state index contributed by atoms with van der Waals surface area (Å²) in [4.78, 5) is 18.8. The zero-order valence-corrected chi connectivity index (χ0v) is 15.1. The van der Waals surface area contributed by atoms with Crippen LogP contribution in [0.2, 0.25) is 0 Å². The number of para-hydroxylation sites is 1. The minimum absolute atomic E-state index is 0.0931. The molecule has 0 spiro atoms. The topological polar surface area (TPSA) is 121 Å². The molecule has 1 saturated heterocycles. The molecular formula is C19H20N6O3. The number of anilines is 2. The molecule has 0 bridgehead atoms. The smallest absolute Gasteiger partial charge is 0.407 e. The second kappa shape index (κ2) is 7.10. The van der Waals surface area contributed by atoms with Gasteiger partial charge in [-0.25, -0.2) is 4.79 Å². The number of nitrogen functional groups attached to an aromatic ring is 1. The fourth-order valence-electron chi connectivity index (χ4n) is 3.25. The largest absolute Gasteiger partial charge is 0.507 e. The van der Waals surface area contributed by atoms with Gasteiger partial charge in [0.05, 0.1) is 11.3 Å². The highest BCUT2D eigenvalue weighted by molar-refractivity contribution is 5.66. The van der Waals surface area contributed by atoms with Crippen LogP contribution in [0.3, 0.4) is 0 Å². The summed E-state index contributed by atoms with van der Waals surface area (Å²) >= 11 is 0. The molecule has 1 aliphatic heterocycles. The van der Waals surface area contributed by atoms with E-state index in [1.165, 1.54) is 9.58 Å². The minimum atomic E-state index is -0.878. The number of aromatic nitrogens is 3. The summed E-state index contributed by atoms with van der Waals surface area (Å²) in [6.45, 7) is 2.26. The zero-order valence-electron chi connectivity index (χ0n) is 15.1. The summed E-state index contributed by atoms with van der Waals surface area (Å²) in [5.74, 6) is 0.668. The first-order valence-electron chi connectivity index (χ1n) is 8.87.